The summed E-state index contributed by atoms with van der Waals surface area (Å²) in [6, 6.07) is 15.8. The Morgan fingerprint density at radius 2 is 1.75 bits per heavy atom. The summed E-state index contributed by atoms with van der Waals surface area (Å²) in [5.41, 5.74) is 4.49. The fraction of sp³-hybridized carbons (Fsp3) is 0.130. The monoisotopic (exact) mass is 602 g/mol. The van der Waals surface area contributed by atoms with Crippen molar-refractivity contribution in [1.29, 1.82) is 0 Å². The first kappa shape index (κ1) is 24.6. The second-order valence-electron chi connectivity index (χ2n) is 6.51. The van der Waals surface area contributed by atoms with Crippen LogP contribution >= 0.6 is 57.4 Å². The lowest BCUT2D eigenvalue weighted by molar-refractivity contribution is 0.0955. The number of ether oxygens (including phenoxy) is 2. The molecular formula is C23H18Cl3IN2O3. The number of carbonyl (C=O) groups excluding carboxylic acids is 1. The van der Waals surface area contributed by atoms with Crippen LogP contribution in [0.1, 0.15) is 28.4 Å². The zero-order valence-electron chi connectivity index (χ0n) is 16.9. The summed E-state index contributed by atoms with van der Waals surface area (Å²) in [5, 5.41) is 5.28. The summed E-state index contributed by atoms with van der Waals surface area (Å²) in [6.07, 6.45) is 1.49. The van der Waals surface area contributed by atoms with E-state index in [1.165, 1.54) is 6.21 Å². The quantitative estimate of drug-likeness (QED) is 0.172. The summed E-state index contributed by atoms with van der Waals surface area (Å²) < 4.78 is 12.6. The minimum absolute atomic E-state index is 0.232. The van der Waals surface area contributed by atoms with Gasteiger partial charge in [0.05, 0.1) is 27.9 Å². The van der Waals surface area contributed by atoms with Gasteiger partial charge in [0, 0.05) is 9.13 Å². The van der Waals surface area contributed by atoms with Crippen molar-refractivity contribution in [3.05, 3.63) is 89.9 Å². The van der Waals surface area contributed by atoms with Crippen LogP contribution in [0.25, 0.3) is 0 Å². The molecule has 3 aromatic rings. The van der Waals surface area contributed by atoms with E-state index in [9.17, 15) is 4.79 Å². The van der Waals surface area contributed by atoms with Gasteiger partial charge in [-0.05, 0) is 89.2 Å². The van der Waals surface area contributed by atoms with E-state index in [0.717, 1.165) is 9.13 Å². The molecular weight excluding hydrogens is 586 g/mol. The van der Waals surface area contributed by atoms with E-state index in [1.54, 1.807) is 36.4 Å². The van der Waals surface area contributed by atoms with Crippen LogP contribution in [-0.4, -0.2) is 18.7 Å². The van der Waals surface area contributed by atoms with Gasteiger partial charge in [-0.3, -0.25) is 4.79 Å². The van der Waals surface area contributed by atoms with E-state index >= 15 is 0 Å². The summed E-state index contributed by atoms with van der Waals surface area (Å²) in [5.74, 6) is 0.556. The summed E-state index contributed by atoms with van der Waals surface area (Å²) in [4.78, 5) is 12.2. The van der Waals surface area contributed by atoms with Crippen LogP contribution in [0.5, 0.6) is 11.5 Å². The molecule has 0 aliphatic heterocycles. The maximum Gasteiger partial charge on any atom is 0.271 e. The first-order chi connectivity index (χ1) is 15.4. The van der Waals surface area contributed by atoms with Gasteiger partial charge in [-0.1, -0.05) is 40.9 Å². The number of halogens is 4. The predicted octanol–water partition coefficient (Wildman–Crippen LogP) is 6.99. The third kappa shape index (κ3) is 6.75. The molecule has 1 N–H and O–H groups in total. The van der Waals surface area contributed by atoms with Crippen molar-refractivity contribution in [3.63, 3.8) is 0 Å². The van der Waals surface area contributed by atoms with Crippen LogP contribution < -0.4 is 14.9 Å². The second kappa shape index (κ2) is 11.7. The van der Waals surface area contributed by atoms with Crippen LogP contribution in [-0.2, 0) is 6.61 Å². The third-order valence-corrected chi connectivity index (χ3v) is 5.92. The molecule has 0 atom stereocenters. The highest BCUT2D eigenvalue weighted by Crippen LogP contribution is 2.37. The topological polar surface area (TPSA) is 59.9 Å². The number of amides is 1. The molecule has 5 nitrogen and oxygen atoms in total. The largest absolute Gasteiger partial charge is 0.490 e. The highest BCUT2D eigenvalue weighted by molar-refractivity contribution is 14.1. The molecule has 0 saturated heterocycles. The van der Waals surface area contributed by atoms with Crippen LogP contribution in [0.3, 0.4) is 0 Å². The lowest BCUT2D eigenvalue weighted by atomic mass is 10.2. The average Bonchev–Trinajstić information content (AvgIpc) is 2.76. The standard InChI is InChI=1S/C23H18Cl3IN2O3/c1-2-31-21-11-15(12-28-29-23(30)16-4-6-17(27)7-5-16)10-20(26)22(21)32-13-14-3-8-18(24)19(25)9-14/h3-12H,2,13H2,1H3,(H,29,30)/b28-12-. The molecule has 0 heterocycles. The lowest BCUT2D eigenvalue weighted by Crippen LogP contribution is -2.17. The maximum atomic E-state index is 12.2. The van der Waals surface area contributed by atoms with Crippen molar-refractivity contribution in [1.82, 2.24) is 5.43 Å². The van der Waals surface area contributed by atoms with Gasteiger partial charge < -0.3 is 9.47 Å². The molecule has 0 spiro atoms. The van der Waals surface area contributed by atoms with Crippen molar-refractivity contribution < 1.29 is 14.3 Å². The molecule has 9 heteroatoms. The molecule has 32 heavy (non-hydrogen) atoms. The zero-order valence-corrected chi connectivity index (χ0v) is 21.3. The number of hydrogen-bond acceptors (Lipinski definition) is 4. The average molecular weight is 604 g/mol. The van der Waals surface area contributed by atoms with E-state index in [0.29, 0.717) is 44.3 Å². The number of carbonyl (C=O) groups is 1. The van der Waals surface area contributed by atoms with Gasteiger partial charge in [0.25, 0.3) is 5.91 Å². The van der Waals surface area contributed by atoms with Gasteiger partial charge in [0.2, 0.25) is 0 Å². The lowest BCUT2D eigenvalue weighted by Gasteiger charge is -2.14. The van der Waals surface area contributed by atoms with Crippen LogP contribution in [0, 0.1) is 3.57 Å². The summed E-state index contributed by atoms with van der Waals surface area (Å²) in [7, 11) is 0. The normalized spacial score (nSPS) is 10.9. The minimum Gasteiger partial charge on any atom is -0.490 e. The Bertz CT molecular complexity index is 1140. The van der Waals surface area contributed by atoms with Crippen molar-refractivity contribution >= 4 is 69.5 Å². The molecule has 3 aromatic carbocycles. The van der Waals surface area contributed by atoms with Crippen LogP contribution in [0.15, 0.2) is 59.7 Å². The first-order valence-corrected chi connectivity index (χ1v) is 11.7. The fourth-order valence-corrected chi connectivity index (χ4v) is 3.64. The second-order valence-corrected chi connectivity index (χ2v) is 8.97. The summed E-state index contributed by atoms with van der Waals surface area (Å²) in [6.45, 7) is 2.51. The molecule has 0 unspecified atom stereocenters. The number of nitrogens with zero attached hydrogens (tertiary/aromatic N) is 1. The predicted molar refractivity (Wildman–Crippen MR) is 138 cm³/mol. The molecule has 0 saturated carbocycles. The molecule has 0 radical (unpaired) electrons. The van der Waals surface area contributed by atoms with Crippen molar-refractivity contribution in [3.8, 4) is 11.5 Å². The Kier molecular flexibility index (Phi) is 9.04. The maximum absolute atomic E-state index is 12.2. The molecule has 1 amide bonds. The van der Waals surface area contributed by atoms with Gasteiger partial charge in [-0.15, -0.1) is 0 Å². The van der Waals surface area contributed by atoms with Gasteiger partial charge in [-0.2, -0.15) is 5.10 Å². The smallest absolute Gasteiger partial charge is 0.271 e. The molecule has 3 rings (SSSR count). The molecule has 0 aliphatic carbocycles. The van der Waals surface area contributed by atoms with Crippen LogP contribution in [0.2, 0.25) is 15.1 Å². The molecule has 0 fully saturated rings. The van der Waals surface area contributed by atoms with Gasteiger partial charge in [0.15, 0.2) is 11.5 Å². The van der Waals surface area contributed by atoms with E-state index < -0.39 is 0 Å². The number of hydrogen-bond donors (Lipinski definition) is 1. The minimum atomic E-state index is -0.310. The molecule has 0 bridgehead atoms. The third-order valence-electron chi connectivity index (χ3n) is 4.19. The van der Waals surface area contributed by atoms with Gasteiger partial charge in [-0.25, -0.2) is 5.43 Å². The fourth-order valence-electron chi connectivity index (χ4n) is 2.68. The molecule has 0 aliphatic rings. The van der Waals surface area contributed by atoms with Crippen molar-refractivity contribution in [2.75, 3.05) is 6.61 Å². The van der Waals surface area contributed by atoms with Crippen molar-refractivity contribution in [2.45, 2.75) is 13.5 Å². The van der Waals surface area contributed by atoms with Gasteiger partial charge >= 0.3 is 0 Å². The Morgan fingerprint density at radius 3 is 2.44 bits per heavy atom. The number of nitrogens with one attached hydrogen (secondary N) is 1. The Morgan fingerprint density at radius 1 is 1.00 bits per heavy atom. The van der Waals surface area contributed by atoms with E-state index in [-0.39, 0.29) is 12.5 Å². The van der Waals surface area contributed by atoms with Crippen LogP contribution in [0.4, 0.5) is 0 Å². The van der Waals surface area contributed by atoms with Gasteiger partial charge in [0.1, 0.15) is 6.61 Å². The SMILES string of the molecule is CCOc1cc(/C=N\NC(=O)c2ccc(I)cc2)cc(Cl)c1OCc1ccc(Cl)c(Cl)c1. The highest BCUT2D eigenvalue weighted by atomic mass is 127. The van der Waals surface area contributed by atoms with E-state index in [1.807, 2.05) is 25.1 Å². The Balaban J connectivity index is 1.72. The summed E-state index contributed by atoms with van der Waals surface area (Å²) >= 11 is 20.6. The molecule has 166 valence electrons. The first-order valence-electron chi connectivity index (χ1n) is 9.49. The molecule has 0 aromatic heterocycles. The zero-order chi connectivity index (χ0) is 23.1. The highest BCUT2D eigenvalue weighted by Gasteiger charge is 2.13. The van der Waals surface area contributed by atoms with E-state index in [4.69, 9.17) is 44.3 Å². The number of benzene rings is 3. The Labute approximate surface area is 214 Å². The number of rotatable bonds is 8. The van der Waals surface area contributed by atoms with Crippen molar-refractivity contribution in [2.24, 2.45) is 5.10 Å². The van der Waals surface area contributed by atoms with E-state index in [2.05, 4.69) is 33.1 Å². The Hall–Kier alpha value is -2.00. The number of hydrazone groups is 1.